The number of amides is 1. The first-order valence-corrected chi connectivity index (χ1v) is 3.33. The summed E-state index contributed by atoms with van der Waals surface area (Å²) < 4.78 is 0. The van der Waals surface area contributed by atoms with Crippen molar-refractivity contribution in [2.45, 2.75) is 12.5 Å². The first kappa shape index (κ1) is 10.9. The predicted octanol–water partition coefficient (Wildman–Crippen LogP) is -2.07. The van der Waals surface area contributed by atoms with E-state index in [9.17, 15) is 9.59 Å². The second-order valence-corrected chi connectivity index (χ2v) is 2.21. The zero-order valence-electron chi connectivity index (χ0n) is 6.36. The lowest BCUT2D eigenvalue weighted by Gasteiger charge is -2.07. The van der Waals surface area contributed by atoms with E-state index >= 15 is 0 Å². The van der Waals surface area contributed by atoms with Gasteiger partial charge in [0.15, 0.2) is 0 Å². The molecule has 70 valence electrons. The number of carboxylic acid groups (broad SMARTS) is 1. The van der Waals surface area contributed by atoms with Crippen LogP contribution in [0.1, 0.15) is 6.42 Å². The molecule has 0 bridgehead atoms. The molecule has 0 heterocycles. The fraction of sp³-hybridized carbons (Fsp3) is 0.667. The van der Waals surface area contributed by atoms with Crippen molar-refractivity contribution in [3.8, 4) is 0 Å². The molecule has 12 heavy (non-hydrogen) atoms. The van der Waals surface area contributed by atoms with Crippen molar-refractivity contribution < 1.29 is 24.9 Å². The smallest absolute Gasteiger partial charge is 0.312 e. The molecule has 0 aliphatic rings. The summed E-state index contributed by atoms with van der Waals surface area (Å²) in [6.45, 7) is -0.601. The Morgan fingerprint density at radius 3 is 2.42 bits per heavy atom. The Bertz CT molecular complexity index is 169. The molecule has 1 atom stereocenters. The monoisotopic (exact) mass is 177 g/mol. The third-order valence-corrected chi connectivity index (χ3v) is 1.06. The summed E-state index contributed by atoms with van der Waals surface area (Å²) in [5.74, 6) is -1.92. The number of rotatable bonds is 5. The van der Waals surface area contributed by atoms with Gasteiger partial charge in [-0.3, -0.25) is 9.59 Å². The second-order valence-electron chi connectivity index (χ2n) is 2.21. The van der Waals surface area contributed by atoms with Gasteiger partial charge >= 0.3 is 5.97 Å². The molecule has 4 N–H and O–H groups in total. The molecule has 0 aromatic rings. The lowest BCUT2D eigenvalue weighted by Crippen LogP contribution is -2.34. The van der Waals surface area contributed by atoms with Crippen molar-refractivity contribution in [2.24, 2.45) is 0 Å². The van der Waals surface area contributed by atoms with E-state index in [2.05, 4.69) is 5.32 Å². The maximum Gasteiger partial charge on any atom is 0.312 e. The van der Waals surface area contributed by atoms with E-state index in [0.29, 0.717) is 0 Å². The lowest BCUT2D eigenvalue weighted by atomic mass is 10.3. The quantitative estimate of drug-likeness (QED) is 0.361. The molecule has 0 saturated carbocycles. The number of carboxylic acids is 1. The van der Waals surface area contributed by atoms with Gasteiger partial charge in [0.25, 0.3) is 0 Å². The average Bonchev–Trinajstić information content (AvgIpc) is 1.99. The highest BCUT2D eigenvalue weighted by molar-refractivity contribution is 5.93. The first-order chi connectivity index (χ1) is 5.56. The van der Waals surface area contributed by atoms with Crippen molar-refractivity contribution in [3.63, 3.8) is 0 Å². The molecular formula is C6H11NO5. The summed E-state index contributed by atoms with van der Waals surface area (Å²) >= 11 is 0. The molecule has 6 nitrogen and oxygen atoms in total. The van der Waals surface area contributed by atoms with Crippen molar-refractivity contribution >= 4 is 11.9 Å². The summed E-state index contributed by atoms with van der Waals surface area (Å²) in [5.41, 5.74) is 0. The molecule has 0 aromatic heterocycles. The van der Waals surface area contributed by atoms with Crippen LogP contribution in [0.15, 0.2) is 0 Å². The molecule has 6 heteroatoms. The van der Waals surface area contributed by atoms with E-state index in [-0.39, 0.29) is 6.54 Å². The summed E-state index contributed by atoms with van der Waals surface area (Å²) in [4.78, 5) is 20.5. The van der Waals surface area contributed by atoms with E-state index in [1.54, 1.807) is 0 Å². The van der Waals surface area contributed by atoms with E-state index in [4.69, 9.17) is 15.3 Å². The third-order valence-electron chi connectivity index (χ3n) is 1.06. The zero-order chi connectivity index (χ0) is 9.56. The summed E-state index contributed by atoms with van der Waals surface area (Å²) in [5, 5.41) is 27.3. The fourth-order valence-corrected chi connectivity index (χ4v) is 0.496. The minimum Gasteiger partial charge on any atom is -0.481 e. The van der Waals surface area contributed by atoms with Crippen molar-refractivity contribution in [1.29, 1.82) is 0 Å². The third kappa shape index (κ3) is 5.63. The number of hydrogen-bond donors (Lipinski definition) is 4. The van der Waals surface area contributed by atoms with E-state index in [0.717, 1.165) is 0 Å². The highest BCUT2D eigenvalue weighted by Gasteiger charge is 2.08. The highest BCUT2D eigenvalue weighted by atomic mass is 16.4. The van der Waals surface area contributed by atoms with Gasteiger partial charge in [-0.15, -0.1) is 0 Å². The van der Waals surface area contributed by atoms with E-state index in [1.807, 2.05) is 0 Å². The molecule has 0 saturated heterocycles. The number of carbonyl (C=O) groups is 2. The van der Waals surface area contributed by atoms with Gasteiger partial charge in [0, 0.05) is 6.54 Å². The molecule has 1 unspecified atom stereocenters. The molecule has 0 spiro atoms. The molecule has 1 amide bonds. The van der Waals surface area contributed by atoms with E-state index in [1.165, 1.54) is 0 Å². The van der Waals surface area contributed by atoms with Gasteiger partial charge in [-0.25, -0.2) is 0 Å². The molecule has 0 radical (unpaired) electrons. The number of aliphatic carboxylic acids is 1. The van der Waals surface area contributed by atoms with Gasteiger partial charge in [-0.1, -0.05) is 0 Å². The molecule has 0 fully saturated rings. The minimum absolute atomic E-state index is 0.136. The summed E-state index contributed by atoms with van der Waals surface area (Å²) in [6, 6.07) is 0. The Hall–Kier alpha value is -1.14. The largest absolute Gasteiger partial charge is 0.481 e. The van der Waals surface area contributed by atoms with Crippen LogP contribution in [0.25, 0.3) is 0 Å². The Morgan fingerprint density at radius 1 is 1.42 bits per heavy atom. The number of hydrogen-bond acceptors (Lipinski definition) is 4. The standard InChI is InChI=1S/C6H11NO5/c8-3-4(9)2-7-5(10)1-6(11)12/h4,8-9H,1-3H2,(H,7,10)(H,11,12). The molecule has 0 aliphatic heterocycles. The van der Waals surface area contributed by atoms with Crippen LogP contribution in [0.3, 0.4) is 0 Å². The topological polar surface area (TPSA) is 107 Å². The molecular weight excluding hydrogens is 166 g/mol. The van der Waals surface area contributed by atoms with Crippen LogP contribution >= 0.6 is 0 Å². The first-order valence-electron chi connectivity index (χ1n) is 3.33. The Kier molecular flexibility index (Phi) is 4.98. The second kappa shape index (κ2) is 5.50. The minimum atomic E-state index is -1.23. The number of aliphatic hydroxyl groups excluding tert-OH is 2. The average molecular weight is 177 g/mol. The van der Waals surface area contributed by atoms with Crippen molar-refractivity contribution in [2.75, 3.05) is 13.2 Å². The predicted molar refractivity (Wildman–Crippen MR) is 38.4 cm³/mol. The van der Waals surface area contributed by atoms with Crippen LogP contribution in [0.2, 0.25) is 0 Å². The van der Waals surface area contributed by atoms with Crippen LogP contribution in [0.4, 0.5) is 0 Å². The Balaban J connectivity index is 3.50. The number of nitrogens with one attached hydrogen (secondary N) is 1. The fourth-order valence-electron chi connectivity index (χ4n) is 0.496. The SMILES string of the molecule is O=C(O)CC(=O)NCC(O)CO. The maximum atomic E-state index is 10.6. The Morgan fingerprint density at radius 2 is 2.00 bits per heavy atom. The lowest BCUT2D eigenvalue weighted by molar-refractivity contribution is -0.140. The molecule has 0 aromatic carbocycles. The maximum absolute atomic E-state index is 10.6. The van der Waals surface area contributed by atoms with Crippen LogP contribution < -0.4 is 5.32 Å². The van der Waals surface area contributed by atoms with Crippen LogP contribution in [0.5, 0.6) is 0 Å². The van der Waals surface area contributed by atoms with Crippen LogP contribution in [-0.4, -0.2) is 46.5 Å². The van der Waals surface area contributed by atoms with Gasteiger partial charge in [0.05, 0.1) is 12.7 Å². The van der Waals surface area contributed by atoms with Gasteiger partial charge in [0.1, 0.15) is 6.42 Å². The van der Waals surface area contributed by atoms with Crippen LogP contribution in [-0.2, 0) is 9.59 Å². The Labute approximate surface area is 68.8 Å². The molecule has 0 rings (SSSR count). The normalized spacial score (nSPS) is 12.2. The van der Waals surface area contributed by atoms with Gasteiger partial charge < -0.3 is 20.6 Å². The van der Waals surface area contributed by atoms with Gasteiger partial charge in [-0.05, 0) is 0 Å². The van der Waals surface area contributed by atoms with Crippen molar-refractivity contribution in [1.82, 2.24) is 5.32 Å². The van der Waals surface area contributed by atoms with Gasteiger partial charge in [-0.2, -0.15) is 0 Å². The van der Waals surface area contributed by atoms with Crippen LogP contribution in [0, 0.1) is 0 Å². The highest BCUT2D eigenvalue weighted by Crippen LogP contribution is 1.81. The van der Waals surface area contributed by atoms with E-state index < -0.39 is 31.0 Å². The summed E-state index contributed by atoms with van der Waals surface area (Å²) in [6.07, 6.45) is -1.67. The zero-order valence-corrected chi connectivity index (χ0v) is 6.36. The summed E-state index contributed by atoms with van der Waals surface area (Å²) in [7, 11) is 0. The molecule has 0 aliphatic carbocycles. The number of aliphatic hydroxyl groups is 2. The van der Waals surface area contributed by atoms with Crippen molar-refractivity contribution in [3.05, 3.63) is 0 Å². The van der Waals surface area contributed by atoms with Gasteiger partial charge in [0.2, 0.25) is 5.91 Å². The number of carbonyl (C=O) groups excluding carboxylic acids is 1.